The van der Waals surface area contributed by atoms with Gasteiger partial charge in [-0.05, 0) is 79.3 Å². The Morgan fingerprint density at radius 2 is 1.86 bits per heavy atom. The molecular formula is C36H42FN5. The van der Waals surface area contributed by atoms with Gasteiger partial charge in [0.15, 0.2) is 5.82 Å². The van der Waals surface area contributed by atoms with E-state index >= 15 is 0 Å². The van der Waals surface area contributed by atoms with Gasteiger partial charge in [0.25, 0.3) is 0 Å². The van der Waals surface area contributed by atoms with Gasteiger partial charge in [-0.1, -0.05) is 83.9 Å². The van der Waals surface area contributed by atoms with Crippen molar-refractivity contribution in [2.75, 3.05) is 0 Å². The predicted molar refractivity (Wildman–Crippen MR) is 177 cm³/mol. The van der Waals surface area contributed by atoms with Crippen molar-refractivity contribution < 1.29 is 4.39 Å². The SMILES string of the molecule is C=C/C=C(/c1cccc(F)c1)c1nc(-c2n[nH]c3ccc(C(/C=C(\C=C)NC(=C)CC(C)C)=C/C)cc23)[nH]c1C.CC. The lowest BCUT2D eigenvalue weighted by atomic mass is 10.0. The fourth-order valence-corrected chi connectivity index (χ4v) is 4.69. The number of aromatic nitrogens is 4. The van der Waals surface area contributed by atoms with E-state index in [4.69, 9.17) is 4.98 Å². The van der Waals surface area contributed by atoms with Gasteiger partial charge in [-0.3, -0.25) is 5.10 Å². The third-order valence-corrected chi connectivity index (χ3v) is 6.50. The van der Waals surface area contributed by atoms with Gasteiger partial charge in [0.1, 0.15) is 11.5 Å². The van der Waals surface area contributed by atoms with Crippen LogP contribution >= 0.6 is 0 Å². The number of fused-ring (bicyclic) bond motifs is 1. The first-order valence-electron chi connectivity index (χ1n) is 14.3. The fraction of sp³-hybridized carbons (Fsp3) is 0.222. The number of H-pyrrole nitrogens is 2. The smallest absolute Gasteiger partial charge is 0.159 e. The summed E-state index contributed by atoms with van der Waals surface area (Å²) in [5.74, 6) is 0.829. The zero-order valence-electron chi connectivity index (χ0n) is 25.6. The van der Waals surface area contributed by atoms with Crippen molar-refractivity contribution in [3.05, 3.63) is 132 Å². The van der Waals surface area contributed by atoms with Crippen LogP contribution in [0.3, 0.4) is 0 Å². The summed E-state index contributed by atoms with van der Waals surface area (Å²) in [6, 6.07) is 12.7. The summed E-state index contributed by atoms with van der Waals surface area (Å²) in [5, 5.41) is 12.0. The number of hydrogen-bond acceptors (Lipinski definition) is 3. The lowest BCUT2D eigenvalue weighted by Crippen LogP contribution is -2.12. The minimum absolute atomic E-state index is 0.306. The highest BCUT2D eigenvalue weighted by Gasteiger charge is 2.18. The van der Waals surface area contributed by atoms with Crippen LogP contribution in [0.4, 0.5) is 4.39 Å². The third kappa shape index (κ3) is 7.52. The zero-order valence-corrected chi connectivity index (χ0v) is 25.6. The molecule has 6 heteroatoms. The molecule has 0 bridgehead atoms. The lowest BCUT2D eigenvalue weighted by molar-refractivity contribution is 0.622. The average Bonchev–Trinajstić information content (AvgIpc) is 3.57. The second-order valence-corrected chi connectivity index (χ2v) is 10.1. The van der Waals surface area contributed by atoms with Crippen molar-refractivity contribution in [1.29, 1.82) is 0 Å². The molecule has 5 nitrogen and oxygen atoms in total. The molecule has 0 unspecified atom stereocenters. The molecule has 218 valence electrons. The molecular weight excluding hydrogens is 521 g/mol. The maximum Gasteiger partial charge on any atom is 0.159 e. The first-order chi connectivity index (χ1) is 20.2. The van der Waals surface area contributed by atoms with E-state index in [-0.39, 0.29) is 5.82 Å². The minimum atomic E-state index is -0.306. The van der Waals surface area contributed by atoms with Crippen LogP contribution < -0.4 is 5.32 Å². The summed E-state index contributed by atoms with van der Waals surface area (Å²) in [5.41, 5.74) is 8.57. The van der Waals surface area contributed by atoms with Crippen molar-refractivity contribution in [1.82, 2.24) is 25.5 Å². The van der Waals surface area contributed by atoms with Gasteiger partial charge in [0, 0.05) is 28.0 Å². The third-order valence-electron chi connectivity index (χ3n) is 6.50. The summed E-state index contributed by atoms with van der Waals surface area (Å²) in [4.78, 5) is 8.29. The molecule has 0 atom stereocenters. The zero-order chi connectivity index (χ0) is 30.8. The van der Waals surface area contributed by atoms with Crippen molar-refractivity contribution in [2.45, 2.75) is 48.0 Å². The molecule has 0 saturated heterocycles. The topological polar surface area (TPSA) is 69.4 Å². The lowest BCUT2D eigenvalue weighted by Gasteiger charge is -2.13. The van der Waals surface area contributed by atoms with Crippen LogP contribution in [-0.4, -0.2) is 20.2 Å². The Bertz CT molecular complexity index is 1660. The van der Waals surface area contributed by atoms with Crippen molar-refractivity contribution in [3.8, 4) is 11.5 Å². The number of nitrogens with one attached hydrogen (secondary N) is 3. The van der Waals surface area contributed by atoms with E-state index in [0.29, 0.717) is 23.1 Å². The van der Waals surface area contributed by atoms with Gasteiger partial charge in [0.05, 0.1) is 11.2 Å². The van der Waals surface area contributed by atoms with Crippen LogP contribution in [0.1, 0.15) is 63.6 Å². The molecule has 4 aromatic rings. The van der Waals surface area contributed by atoms with Crippen molar-refractivity contribution >= 4 is 22.0 Å². The summed E-state index contributed by atoms with van der Waals surface area (Å²) in [6.07, 6.45) is 10.3. The number of halogens is 1. The number of aromatic amines is 2. The highest BCUT2D eigenvalue weighted by atomic mass is 19.1. The van der Waals surface area contributed by atoms with Gasteiger partial charge in [0.2, 0.25) is 0 Å². The Kier molecular flexibility index (Phi) is 11.2. The van der Waals surface area contributed by atoms with Crippen LogP contribution in [-0.2, 0) is 0 Å². The van der Waals surface area contributed by atoms with Crippen LogP contribution in [0.5, 0.6) is 0 Å². The number of aryl methyl sites for hydroxylation is 1. The molecule has 2 heterocycles. The van der Waals surface area contributed by atoms with E-state index in [2.05, 4.69) is 78.4 Å². The molecule has 42 heavy (non-hydrogen) atoms. The largest absolute Gasteiger partial charge is 0.359 e. The fourth-order valence-electron chi connectivity index (χ4n) is 4.69. The van der Waals surface area contributed by atoms with Crippen LogP contribution in [0.15, 0.2) is 104 Å². The standard InChI is InChI=1S/C34H36FN5.C2H6/c1-8-12-29(26-13-11-14-27(35)18-26)32-23(7)37-34(38-32)33-30-20-25(15-16-31(30)39-40-33)24(9-2)19-28(10-3)36-22(6)17-21(4)5;1-2/h8-16,18-21,36H,1,3,6,17H2,2,4-5,7H3,(H,37,38)(H,39,40);1-2H3/b24-9+,28-19+,29-12-;. The molecule has 2 aromatic heterocycles. The number of imidazole rings is 1. The van der Waals surface area contributed by atoms with Crippen LogP contribution in [0, 0.1) is 18.7 Å². The van der Waals surface area contributed by atoms with Gasteiger partial charge in [-0.2, -0.15) is 5.10 Å². The molecule has 0 aliphatic rings. The second-order valence-electron chi connectivity index (χ2n) is 10.1. The van der Waals surface area contributed by atoms with Gasteiger partial charge >= 0.3 is 0 Å². The monoisotopic (exact) mass is 563 g/mol. The Morgan fingerprint density at radius 3 is 2.50 bits per heavy atom. The Hall–Kier alpha value is -4.71. The van der Waals surface area contributed by atoms with Crippen molar-refractivity contribution in [3.63, 3.8) is 0 Å². The van der Waals surface area contributed by atoms with E-state index in [1.165, 1.54) is 12.1 Å². The summed E-state index contributed by atoms with van der Waals surface area (Å²) in [6.45, 7) is 24.3. The molecule has 4 rings (SSSR count). The highest BCUT2D eigenvalue weighted by Crippen LogP contribution is 2.32. The number of benzene rings is 2. The average molecular weight is 564 g/mol. The van der Waals surface area contributed by atoms with E-state index in [1.54, 1.807) is 18.2 Å². The summed E-state index contributed by atoms with van der Waals surface area (Å²) >= 11 is 0. The molecule has 0 spiro atoms. The number of hydrogen-bond donors (Lipinski definition) is 3. The molecule has 0 radical (unpaired) electrons. The molecule has 0 aliphatic heterocycles. The maximum absolute atomic E-state index is 14.0. The normalized spacial score (nSPS) is 12.2. The second kappa shape index (κ2) is 14.8. The molecule has 0 amide bonds. The predicted octanol–water partition coefficient (Wildman–Crippen LogP) is 9.67. The van der Waals surface area contributed by atoms with E-state index < -0.39 is 0 Å². The van der Waals surface area contributed by atoms with E-state index in [1.807, 2.05) is 45.9 Å². The summed E-state index contributed by atoms with van der Waals surface area (Å²) in [7, 11) is 0. The molecule has 2 aromatic carbocycles. The van der Waals surface area contributed by atoms with Gasteiger partial charge in [-0.25, -0.2) is 9.37 Å². The van der Waals surface area contributed by atoms with E-state index in [9.17, 15) is 4.39 Å². The summed E-state index contributed by atoms with van der Waals surface area (Å²) < 4.78 is 14.0. The number of rotatable bonds is 11. The first kappa shape index (κ1) is 31.8. The molecule has 0 aliphatic carbocycles. The Morgan fingerprint density at radius 1 is 1.10 bits per heavy atom. The van der Waals surface area contributed by atoms with Crippen molar-refractivity contribution in [2.24, 2.45) is 5.92 Å². The van der Waals surface area contributed by atoms with Crippen LogP contribution in [0.2, 0.25) is 0 Å². The number of nitrogens with zero attached hydrogens (tertiary/aromatic N) is 2. The minimum Gasteiger partial charge on any atom is -0.359 e. The quantitative estimate of drug-likeness (QED) is 0.159. The Balaban J connectivity index is 0.00000237. The van der Waals surface area contributed by atoms with Gasteiger partial charge in [-0.15, -0.1) is 0 Å². The van der Waals surface area contributed by atoms with E-state index in [0.717, 1.165) is 56.7 Å². The molecule has 0 fully saturated rings. The first-order valence-corrected chi connectivity index (χ1v) is 14.3. The highest BCUT2D eigenvalue weighted by molar-refractivity contribution is 5.95. The molecule has 3 N–H and O–H groups in total. The maximum atomic E-state index is 14.0. The number of allylic oxidation sites excluding steroid dienone is 7. The van der Waals surface area contributed by atoms with Gasteiger partial charge < -0.3 is 10.3 Å². The Labute approximate surface area is 249 Å². The molecule has 0 saturated carbocycles. The van der Waals surface area contributed by atoms with Crippen LogP contribution in [0.25, 0.3) is 33.6 Å².